The van der Waals surface area contributed by atoms with E-state index < -0.39 is 17.9 Å². The maximum absolute atomic E-state index is 13.7. The number of carboxylic acids is 1. The van der Waals surface area contributed by atoms with Crippen molar-refractivity contribution in [2.75, 3.05) is 7.05 Å². The lowest BCUT2D eigenvalue weighted by Crippen LogP contribution is -2.37. The molecule has 0 bridgehead atoms. The zero-order valence-electron chi connectivity index (χ0n) is 15.7. The van der Waals surface area contributed by atoms with Gasteiger partial charge in [-0.15, -0.1) is 0 Å². The van der Waals surface area contributed by atoms with Crippen LogP contribution in [0.4, 0.5) is 4.39 Å². The van der Waals surface area contributed by atoms with Crippen LogP contribution in [-0.4, -0.2) is 29.1 Å². The van der Waals surface area contributed by atoms with Crippen LogP contribution >= 0.6 is 0 Å². The number of nitriles is 1. The van der Waals surface area contributed by atoms with E-state index in [0.717, 1.165) is 11.3 Å². The molecule has 2 unspecified atom stereocenters. The van der Waals surface area contributed by atoms with E-state index in [4.69, 9.17) is 4.74 Å². The second-order valence-electron chi connectivity index (χ2n) is 6.65. The Labute approximate surface area is 163 Å². The van der Waals surface area contributed by atoms with Gasteiger partial charge in [0.25, 0.3) is 0 Å². The van der Waals surface area contributed by atoms with Gasteiger partial charge in [-0.3, -0.25) is 0 Å². The van der Waals surface area contributed by atoms with Crippen molar-refractivity contribution in [2.24, 2.45) is 0 Å². The molecule has 1 heterocycles. The highest BCUT2D eigenvalue weighted by Gasteiger charge is 2.43. The average molecular weight is 380 g/mol. The van der Waals surface area contributed by atoms with E-state index in [9.17, 15) is 19.6 Å². The lowest BCUT2D eigenvalue weighted by Gasteiger charge is -2.25. The van der Waals surface area contributed by atoms with Gasteiger partial charge in [-0.2, -0.15) is 5.26 Å². The van der Waals surface area contributed by atoms with E-state index in [1.54, 1.807) is 54.4 Å². The maximum Gasteiger partial charge on any atom is 0.327 e. The number of hydrogen-bond donors (Lipinski definition) is 1. The maximum atomic E-state index is 13.7. The van der Waals surface area contributed by atoms with E-state index >= 15 is 0 Å². The molecule has 0 saturated heterocycles. The molecule has 5 nitrogen and oxygen atoms in total. The minimum absolute atomic E-state index is 0.0965. The number of ether oxygens (including phenoxy) is 1. The quantitative estimate of drug-likeness (QED) is 0.818. The SMILES string of the molecule is CCC1=C(C#N)C(c2ccc(OCc3ccccc3F)cc2)C(C(=O)O)N1C. The summed E-state index contributed by atoms with van der Waals surface area (Å²) in [6.07, 6.45) is 0.587. The third-order valence-corrected chi connectivity index (χ3v) is 5.08. The Bertz CT molecular complexity index is 947. The smallest absolute Gasteiger partial charge is 0.327 e. The summed E-state index contributed by atoms with van der Waals surface area (Å²) in [5.41, 5.74) is 2.42. The number of allylic oxidation sites excluding steroid dienone is 1. The summed E-state index contributed by atoms with van der Waals surface area (Å²) in [5, 5.41) is 19.3. The largest absolute Gasteiger partial charge is 0.489 e. The first-order valence-corrected chi connectivity index (χ1v) is 9.02. The topological polar surface area (TPSA) is 73.6 Å². The van der Waals surface area contributed by atoms with Crippen LogP contribution in [0, 0.1) is 17.1 Å². The Morgan fingerprint density at radius 2 is 1.93 bits per heavy atom. The summed E-state index contributed by atoms with van der Waals surface area (Å²) in [6.45, 7) is 2.00. The Morgan fingerprint density at radius 1 is 1.25 bits per heavy atom. The van der Waals surface area contributed by atoms with Gasteiger partial charge in [-0.05, 0) is 30.2 Å². The molecule has 3 rings (SSSR count). The van der Waals surface area contributed by atoms with E-state index in [2.05, 4.69) is 6.07 Å². The number of aliphatic carboxylic acids is 1. The van der Waals surface area contributed by atoms with Gasteiger partial charge in [0.1, 0.15) is 24.2 Å². The number of benzene rings is 2. The second kappa shape index (κ2) is 8.13. The molecule has 28 heavy (non-hydrogen) atoms. The number of carboxylic acid groups (broad SMARTS) is 1. The van der Waals surface area contributed by atoms with Crippen molar-refractivity contribution in [3.63, 3.8) is 0 Å². The molecule has 2 aromatic rings. The highest BCUT2D eigenvalue weighted by molar-refractivity contribution is 5.78. The second-order valence-corrected chi connectivity index (χ2v) is 6.65. The lowest BCUT2D eigenvalue weighted by atomic mass is 9.87. The van der Waals surface area contributed by atoms with Crippen LogP contribution in [-0.2, 0) is 11.4 Å². The molecule has 0 aliphatic carbocycles. The van der Waals surface area contributed by atoms with Crippen molar-refractivity contribution in [1.82, 2.24) is 4.90 Å². The summed E-state index contributed by atoms with van der Waals surface area (Å²) >= 11 is 0. The first-order chi connectivity index (χ1) is 13.5. The Hall–Kier alpha value is -3.33. The number of nitrogens with zero attached hydrogens (tertiary/aromatic N) is 2. The molecule has 1 aliphatic heterocycles. The Morgan fingerprint density at radius 3 is 2.50 bits per heavy atom. The highest BCUT2D eigenvalue weighted by Crippen LogP contribution is 2.41. The summed E-state index contributed by atoms with van der Waals surface area (Å²) in [7, 11) is 1.71. The first kappa shape index (κ1) is 19.4. The molecule has 0 radical (unpaired) electrons. The molecule has 2 aromatic carbocycles. The average Bonchev–Trinajstić information content (AvgIpc) is 2.99. The third-order valence-electron chi connectivity index (χ3n) is 5.08. The van der Waals surface area contributed by atoms with E-state index in [1.165, 1.54) is 6.07 Å². The van der Waals surface area contributed by atoms with Crippen molar-refractivity contribution >= 4 is 5.97 Å². The molecule has 0 amide bonds. The summed E-state index contributed by atoms with van der Waals surface area (Å²) in [6, 6.07) is 14.7. The van der Waals surface area contributed by atoms with E-state index in [1.807, 2.05) is 6.92 Å². The molecule has 0 aromatic heterocycles. The van der Waals surface area contributed by atoms with Crippen LogP contribution in [0.2, 0.25) is 0 Å². The van der Waals surface area contributed by atoms with Gasteiger partial charge in [0.15, 0.2) is 0 Å². The molecular weight excluding hydrogens is 359 g/mol. The lowest BCUT2D eigenvalue weighted by molar-refractivity contribution is -0.142. The number of hydrogen-bond acceptors (Lipinski definition) is 4. The van der Waals surface area contributed by atoms with E-state index in [0.29, 0.717) is 23.3 Å². The zero-order chi connectivity index (χ0) is 20.3. The van der Waals surface area contributed by atoms with Crippen LogP contribution in [0.25, 0.3) is 0 Å². The summed E-state index contributed by atoms with van der Waals surface area (Å²) in [4.78, 5) is 13.5. The van der Waals surface area contributed by atoms with Gasteiger partial charge in [0.05, 0.1) is 17.6 Å². The van der Waals surface area contributed by atoms with Crippen LogP contribution in [0.3, 0.4) is 0 Å². The first-order valence-electron chi connectivity index (χ1n) is 9.02. The monoisotopic (exact) mass is 380 g/mol. The number of likely N-dealkylation sites (N-methyl/N-ethyl adjacent to an activating group) is 1. The van der Waals surface area contributed by atoms with Crippen molar-refractivity contribution in [1.29, 1.82) is 5.26 Å². The normalized spacial score (nSPS) is 18.9. The summed E-state index contributed by atoms with van der Waals surface area (Å²) in [5.74, 6) is -1.29. The summed E-state index contributed by atoms with van der Waals surface area (Å²) < 4.78 is 19.3. The van der Waals surface area contributed by atoms with Crippen molar-refractivity contribution < 1.29 is 19.0 Å². The zero-order valence-corrected chi connectivity index (χ0v) is 15.7. The fraction of sp³-hybridized carbons (Fsp3) is 0.273. The molecule has 1 aliphatic rings. The molecular formula is C22H21FN2O3. The van der Waals surface area contributed by atoms with Gasteiger partial charge in [0.2, 0.25) is 0 Å². The van der Waals surface area contributed by atoms with Gasteiger partial charge in [-0.1, -0.05) is 37.3 Å². The standard InChI is InChI=1S/C22H21FN2O3/c1-3-19-17(12-24)20(21(22(26)27)25(19)2)14-8-10-16(11-9-14)28-13-15-6-4-5-7-18(15)23/h4-11,20-21H,3,13H2,1-2H3,(H,26,27). The fourth-order valence-corrected chi connectivity index (χ4v) is 3.70. The molecule has 0 saturated carbocycles. The minimum atomic E-state index is -0.969. The molecule has 1 N–H and O–H groups in total. The third kappa shape index (κ3) is 3.56. The molecule has 144 valence electrons. The predicted molar refractivity (Wildman–Crippen MR) is 102 cm³/mol. The van der Waals surface area contributed by atoms with Crippen LogP contribution < -0.4 is 4.74 Å². The van der Waals surface area contributed by atoms with Crippen LogP contribution in [0.1, 0.15) is 30.4 Å². The molecule has 6 heteroatoms. The number of carbonyl (C=O) groups is 1. The molecule has 2 atom stereocenters. The predicted octanol–water partition coefficient (Wildman–Crippen LogP) is 4.07. The van der Waals surface area contributed by atoms with Crippen molar-refractivity contribution in [3.8, 4) is 11.8 Å². The fourth-order valence-electron chi connectivity index (χ4n) is 3.70. The van der Waals surface area contributed by atoms with Gasteiger partial charge in [-0.25, -0.2) is 9.18 Å². The number of halogens is 1. The van der Waals surface area contributed by atoms with Gasteiger partial charge < -0.3 is 14.7 Å². The van der Waals surface area contributed by atoms with Crippen LogP contribution in [0.15, 0.2) is 59.8 Å². The Balaban J connectivity index is 1.83. The van der Waals surface area contributed by atoms with Crippen molar-refractivity contribution in [3.05, 3.63) is 76.7 Å². The van der Waals surface area contributed by atoms with E-state index in [-0.39, 0.29) is 12.4 Å². The van der Waals surface area contributed by atoms with Gasteiger partial charge >= 0.3 is 5.97 Å². The van der Waals surface area contributed by atoms with Gasteiger partial charge in [0, 0.05) is 18.3 Å². The molecule has 0 fully saturated rings. The minimum Gasteiger partial charge on any atom is -0.489 e. The molecule has 0 spiro atoms. The number of rotatable bonds is 6. The van der Waals surface area contributed by atoms with Crippen molar-refractivity contribution in [2.45, 2.75) is 31.9 Å². The highest BCUT2D eigenvalue weighted by atomic mass is 19.1. The van der Waals surface area contributed by atoms with Crippen LogP contribution in [0.5, 0.6) is 5.75 Å². The Kier molecular flexibility index (Phi) is 5.65.